The van der Waals surface area contributed by atoms with Crippen molar-refractivity contribution in [2.75, 3.05) is 6.61 Å². The van der Waals surface area contributed by atoms with Gasteiger partial charge in [0.2, 0.25) is 0 Å². The number of allylic oxidation sites excluding steroid dienone is 1. The lowest BCUT2D eigenvalue weighted by Crippen LogP contribution is -2.29. The van der Waals surface area contributed by atoms with Gasteiger partial charge < -0.3 is 20.3 Å². The summed E-state index contributed by atoms with van der Waals surface area (Å²) in [7, 11) is 0. The standard InChI is InChI=1S/C13H16N2O4/c16-4-6-3-9(12(18)11(6)17)7-1-2-8-10(7)14-5-15-13(8)19/h1,5-6,9,11-12,16-18H,2-4H2,(H,14,15,19)/t6-,9+,11-,12+/m1/s1. The monoisotopic (exact) mass is 264 g/mol. The Bertz CT molecular complexity index is 580. The van der Waals surface area contributed by atoms with Gasteiger partial charge in [0.25, 0.3) is 5.56 Å². The Kier molecular flexibility index (Phi) is 3.00. The molecule has 2 aliphatic rings. The summed E-state index contributed by atoms with van der Waals surface area (Å²) in [6.45, 7) is -0.155. The van der Waals surface area contributed by atoms with Crippen LogP contribution in [0.4, 0.5) is 0 Å². The quantitative estimate of drug-likeness (QED) is 0.551. The van der Waals surface area contributed by atoms with E-state index < -0.39 is 12.2 Å². The molecule has 2 aliphatic carbocycles. The number of H-pyrrole nitrogens is 1. The fourth-order valence-corrected chi connectivity index (χ4v) is 3.12. The van der Waals surface area contributed by atoms with E-state index in [9.17, 15) is 20.1 Å². The van der Waals surface area contributed by atoms with Gasteiger partial charge in [0.05, 0.1) is 24.2 Å². The number of hydrogen-bond acceptors (Lipinski definition) is 5. The van der Waals surface area contributed by atoms with Gasteiger partial charge in [-0.2, -0.15) is 0 Å². The van der Waals surface area contributed by atoms with Crippen molar-refractivity contribution in [3.8, 4) is 0 Å². The third-order valence-electron chi connectivity index (χ3n) is 4.18. The Morgan fingerprint density at radius 2 is 2.16 bits per heavy atom. The summed E-state index contributed by atoms with van der Waals surface area (Å²) in [5, 5.41) is 29.2. The molecular weight excluding hydrogens is 248 g/mol. The molecule has 4 atom stereocenters. The molecule has 0 unspecified atom stereocenters. The Hall–Kier alpha value is -1.50. The third-order valence-corrected chi connectivity index (χ3v) is 4.18. The van der Waals surface area contributed by atoms with Crippen molar-refractivity contribution >= 4 is 5.57 Å². The van der Waals surface area contributed by atoms with E-state index in [1.807, 2.05) is 6.08 Å². The maximum Gasteiger partial charge on any atom is 0.254 e. The van der Waals surface area contributed by atoms with Crippen LogP contribution < -0.4 is 5.56 Å². The van der Waals surface area contributed by atoms with E-state index in [-0.39, 0.29) is 24.0 Å². The Morgan fingerprint density at radius 3 is 2.84 bits per heavy atom. The van der Waals surface area contributed by atoms with Crippen LogP contribution in [0.1, 0.15) is 17.7 Å². The minimum atomic E-state index is -0.929. The highest BCUT2D eigenvalue weighted by atomic mass is 16.3. The summed E-state index contributed by atoms with van der Waals surface area (Å²) in [5.41, 5.74) is 1.86. The summed E-state index contributed by atoms with van der Waals surface area (Å²) in [6.07, 6.45) is 2.38. The van der Waals surface area contributed by atoms with Crippen LogP contribution >= 0.6 is 0 Å². The Balaban J connectivity index is 1.95. The molecule has 1 saturated carbocycles. The van der Waals surface area contributed by atoms with Crippen LogP contribution in [0.15, 0.2) is 17.2 Å². The first-order valence-electron chi connectivity index (χ1n) is 6.37. The average Bonchev–Trinajstić information content (AvgIpc) is 2.94. The normalized spacial score (nSPS) is 33.3. The predicted octanol–water partition coefficient (Wildman–Crippen LogP) is -0.940. The second-order valence-electron chi connectivity index (χ2n) is 5.19. The van der Waals surface area contributed by atoms with Gasteiger partial charge in [-0.05, 0) is 18.4 Å². The first-order chi connectivity index (χ1) is 9.13. The van der Waals surface area contributed by atoms with E-state index in [2.05, 4.69) is 9.97 Å². The predicted molar refractivity (Wildman–Crippen MR) is 67.2 cm³/mol. The van der Waals surface area contributed by atoms with Crippen molar-refractivity contribution in [1.82, 2.24) is 9.97 Å². The van der Waals surface area contributed by atoms with Crippen LogP contribution in [0.25, 0.3) is 5.57 Å². The van der Waals surface area contributed by atoms with Crippen molar-refractivity contribution < 1.29 is 15.3 Å². The van der Waals surface area contributed by atoms with E-state index in [1.54, 1.807) is 0 Å². The van der Waals surface area contributed by atoms with Crippen molar-refractivity contribution in [2.45, 2.75) is 25.0 Å². The molecule has 0 bridgehead atoms. The molecule has 19 heavy (non-hydrogen) atoms. The van der Waals surface area contributed by atoms with Gasteiger partial charge >= 0.3 is 0 Å². The minimum absolute atomic E-state index is 0.155. The average molecular weight is 264 g/mol. The maximum atomic E-state index is 11.7. The van der Waals surface area contributed by atoms with Crippen LogP contribution in [-0.4, -0.2) is 44.1 Å². The molecule has 102 valence electrons. The Labute approximate surface area is 109 Å². The molecule has 3 rings (SSSR count). The molecule has 0 radical (unpaired) electrons. The molecule has 0 aliphatic heterocycles. The fraction of sp³-hybridized carbons (Fsp3) is 0.538. The van der Waals surface area contributed by atoms with Crippen molar-refractivity contribution in [2.24, 2.45) is 11.8 Å². The lowest BCUT2D eigenvalue weighted by atomic mass is 9.93. The van der Waals surface area contributed by atoms with Crippen LogP contribution in [0, 0.1) is 11.8 Å². The zero-order valence-electron chi connectivity index (χ0n) is 10.3. The molecule has 1 aromatic rings. The lowest BCUT2D eigenvalue weighted by Gasteiger charge is -2.18. The number of aliphatic hydroxyl groups excluding tert-OH is 3. The van der Waals surface area contributed by atoms with E-state index in [0.29, 0.717) is 24.1 Å². The van der Waals surface area contributed by atoms with Crippen molar-refractivity contribution in [1.29, 1.82) is 0 Å². The number of fused-ring (bicyclic) bond motifs is 1. The Morgan fingerprint density at radius 1 is 1.37 bits per heavy atom. The molecule has 0 amide bonds. The summed E-state index contributed by atoms with van der Waals surface area (Å²) in [6, 6.07) is 0. The third kappa shape index (κ3) is 1.83. The van der Waals surface area contributed by atoms with E-state index in [0.717, 1.165) is 5.57 Å². The van der Waals surface area contributed by atoms with E-state index in [1.165, 1.54) is 6.33 Å². The van der Waals surface area contributed by atoms with Crippen LogP contribution in [-0.2, 0) is 6.42 Å². The first kappa shape index (κ1) is 12.5. The number of aliphatic hydroxyl groups is 3. The van der Waals surface area contributed by atoms with Crippen molar-refractivity contribution in [3.63, 3.8) is 0 Å². The minimum Gasteiger partial charge on any atom is -0.396 e. The van der Waals surface area contributed by atoms with Gasteiger partial charge in [-0.3, -0.25) is 4.79 Å². The zero-order chi connectivity index (χ0) is 13.6. The highest BCUT2D eigenvalue weighted by molar-refractivity contribution is 5.72. The van der Waals surface area contributed by atoms with Gasteiger partial charge in [0, 0.05) is 24.0 Å². The van der Waals surface area contributed by atoms with Crippen LogP contribution in [0.2, 0.25) is 0 Å². The second-order valence-corrected chi connectivity index (χ2v) is 5.19. The molecule has 6 nitrogen and oxygen atoms in total. The van der Waals surface area contributed by atoms with Gasteiger partial charge in [0.1, 0.15) is 0 Å². The molecule has 1 fully saturated rings. The van der Waals surface area contributed by atoms with E-state index >= 15 is 0 Å². The molecule has 6 heteroatoms. The molecule has 1 aromatic heterocycles. The smallest absolute Gasteiger partial charge is 0.254 e. The highest BCUT2D eigenvalue weighted by Gasteiger charge is 2.44. The van der Waals surface area contributed by atoms with Gasteiger partial charge in [-0.1, -0.05) is 6.08 Å². The number of nitrogens with zero attached hydrogens (tertiary/aromatic N) is 1. The number of hydrogen-bond donors (Lipinski definition) is 4. The van der Waals surface area contributed by atoms with Gasteiger partial charge in [0.15, 0.2) is 0 Å². The summed E-state index contributed by atoms with van der Waals surface area (Å²) < 4.78 is 0. The van der Waals surface area contributed by atoms with E-state index in [4.69, 9.17) is 0 Å². The molecule has 0 saturated heterocycles. The number of aromatic nitrogens is 2. The topological polar surface area (TPSA) is 106 Å². The van der Waals surface area contributed by atoms with Crippen LogP contribution in [0.3, 0.4) is 0 Å². The zero-order valence-corrected chi connectivity index (χ0v) is 10.3. The summed E-state index contributed by atoms with van der Waals surface area (Å²) >= 11 is 0. The maximum absolute atomic E-state index is 11.7. The number of rotatable bonds is 2. The summed E-state index contributed by atoms with van der Waals surface area (Å²) in [4.78, 5) is 18.4. The molecular formula is C13H16N2O4. The number of aromatic amines is 1. The van der Waals surface area contributed by atoms with Gasteiger partial charge in [-0.15, -0.1) is 0 Å². The first-order valence-corrected chi connectivity index (χ1v) is 6.37. The lowest BCUT2D eigenvalue weighted by molar-refractivity contribution is 0.000273. The largest absolute Gasteiger partial charge is 0.396 e. The SMILES string of the molecule is O=c1[nH]cnc2c1CC=C2[C@@H]1C[C@H](CO)[C@@H](O)[C@H]1O. The highest BCUT2D eigenvalue weighted by Crippen LogP contribution is 2.42. The fourth-order valence-electron chi connectivity index (χ4n) is 3.12. The number of nitrogens with one attached hydrogen (secondary N) is 1. The molecule has 0 aromatic carbocycles. The molecule has 0 spiro atoms. The second kappa shape index (κ2) is 4.56. The van der Waals surface area contributed by atoms with Crippen molar-refractivity contribution in [3.05, 3.63) is 34.0 Å². The summed E-state index contributed by atoms with van der Waals surface area (Å²) in [5.74, 6) is -0.602. The van der Waals surface area contributed by atoms with Gasteiger partial charge in [-0.25, -0.2) is 4.98 Å². The molecule has 4 N–H and O–H groups in total. The van der Waals surface area contributed by atoms with Crippen LogP contribution in [0.5, 0.6) is 0 Å². The molecule has 1 heterocycles.